The molecule has 0 aromatic carbocycles. The Kier molecular flexibility index (Phi) is 2.24. The van der Waals surface area contributed by atoms with Crippen LogP contribution in [0, 0.1) is 6.92 Å². The van der Waals surface area contributed by atoms with Gasteiger partial charge in [0.25, 0.3) is 0 Å². The van der Waals surface area contributed by atoms with Crippen LogP contribution in [0.25, 0.3) is 0 Å². The molecule has 0 bridgehead atoms. The second-order valence-electron chi connectivity index (χ2n) is 4.18. The van der Waals surface area contributed by atoms with Gasteiger partial charge in [-0.1, -0.05) is 0 Å². The van der Waals surface area contributed by atoms with Crippen molar-refractivity contribution in [1.82, 2.24) is 9.78 Å². The van der Waals surface area contributed by atoms with Crippen LogP contribution in [0.3, 0.4) is 0 Å². The SMILES string of the molecule is CNc1c(N)c(C)nn1C(C)(C)C. The number of anilines is 2. The van der Waals surface area contributed by atoms with E-state index in [1.54, 1.807) is 0 Å². The van der Waals surface area contributed by atoms with Crippen molar-refractivity contribution in [3.63, 3.8) is 0 Å². The van der Waals surface area contributed by atoms with Crippen LogP contribution in [0.15, 0.2) is 0 Å². The number of hydrogen-bond donors (Lipinski definition) is 2. The van der Waals surface area contributed by atoms with E-state index >= 15 is 0 Å². The fourth-order valence-electron chi connectivity index (χ4n) is 1.27. The minimum Gasteiger partial charge on any atom is -0.394 e. The monoisotopic (exact) mass is 182 g/mol. The van der Waals surface area contributed by atoms with Gasteiger partial charge in [0, 0.05) is 7.05 Å². The predicted octanol–water partition coefficient (Wildman–Crippen LogP) is 1.57. The number of nitrogens with zero attached hydrogens (tertiary/aromatic N) is 2. The molecular weight excluding hydrogens is 164 g/mol. The summed E-state index contributed by atoms with van der Waals surface area (Å²) in [5.74, 6) is 0.894. The van der Waals surface area contributed by atoms with Crippen molar-refractivity contribution < 1.29 is 0 Å². The Morgan fingerprint density at radius 3 is 2.23 bits per heavy atom. The molecule has 0 aliphatic heterocycles. The fraction of sp³-hybridized carbons (Fsp3) is 0.667. The number of aromatic nitrogens is 2. The van der Waals surface area contributed by atoms with Crippen molar-refractivity contribution in [2.75, 3.05) is 18.1 Å². The average Bonchev–Trinajstić information content (AvgIpc) is 2.28. The van der Waals surface area contributed by atoms with Crippen molar-refractivity contribution in [2.45, 2.75) is 33.2 Å². The molecule has 4 heteroatoms. The summed E-state index contributed by atoms with van der Waals surface area (Å²) in [5.41, 5.74) is 7.43. The first-order chi connectivity index (χ1) is 5.88. The summed E-state index contributed by atoms with van der Waals surface area (Å²) in [5, 5.41) is 7.45. The molecule has 0 unspecified atom stereocenters. The molecule has 1 heterocycles. The van der Waals surface area contributed by atoms with E-state index < -0.39 is 0 Å². The summed E-state index contributed by atoms with van der Waals surface area (Å²) in [6.45, 7) is 8.21. The van der Waals surface area contributed by atoms with Gasteiger partial charge < -0.3 is 11.1 Å². The van der Waals surface area contributed by atoms with Crippen LogP contribution in [-0.2, 0) is 5.54 Å². The van der Waals surface area contributed by atoms with Crippen molar-refractivity contribution in [1.29, 1.82) is 0 Å². The molecule has 0 aliphatic rings. The minimum atomic E-state index is -0.0409. The summed E-state index contributed by atoms with van der Waals surface area (Å²) < 4.78 is 1.91. The molecule has 13 heavy (non-hydrogen) atoms. The third-order valence-corrected chi connectivity index (χ3v) is 1.98. The van der Waals surface area contributed by atoms with Crippen LogP contribution >= 0.6 is 0 Å². The minimum absolute atomic E-state index is 0.0409. The average molecular weight is 182 g/mol. The maximum atomic E-state index is 5.86. The van der Waals surface area contributed by atoms with Gasteiger partial charge in [0.05, 0.1) is 16.9 Å². The van der Waals surface area contributed by atoms with E-state index in [9.17, 15) is 0 Å². The summed E-state index contributed by atoms with van der Waals surface area (Å²) in [7, 11) is 1.86. The van der Waals surface area contributed by atoms with E-state index in [0.717, 1.165) is 17.2 Å². The van der Waals surface area contributed by atoms with Crippen molar-refractivity contribution >= 4 is 11.5 Å². The van der Waals surface area contributed by atoms with E-state index in [-0.39, 0.29) is 5.54 Å². The first-order valence-corrected chi connectivity index (χ1v) is 4.41. The van der Waals surface area contributed by atoms with Gasteiger partial charge in [-0.25, -0.2) is 4.68 Å². The molecule has 0 amide bonds. The van der Waals surface area contributed by atoms with Gasteiger partial charge in [0.2, 0.25) is 0 Å². The van der Waals surface area contributed by atoms with Gasteiger partial charge in [-0.3, -0.25) is 0 Å². The van der Waals surface area contributed by atoms with E-state index in [0.29, 0.717) is 0 Å². The van der Waals surface area contributed by atoms with E-state index in [2.05, 4.69) is 31.2 Å². The van der Waals surface area contributed by atoms with Crippen LogP contribution in [0.5, 0.6) is 0 Å². The molecule has 0 fully saturated rings. The van der Waals surface area contributed by atoms with Crippen molar-refractivity contribution in [2.24, 2.45) is 0 Å². The molecule has 0 saturated heterocycles. The molecule has 3 N–H and O–H groups in total. The highest BCUT2D eigenvalue weighted by molar-refractivity contribution is 5.64. The lowest BCUT2D eigenvalue weighted by Gasteiger charge is -2.22. The van der Waals surface area contributed by atoms with Gasteiger partial charge in [-0.05, 0) is 27.7 Å². The summed E-state index contributed by atoms with van der Waals surface area (Å²) in [6, 6.07) is 0. The first-order valence-electron chi connectivity index (χ1n) is 4.41. The number of nitrogens with one attached hydrogen (secondary N) is 1. The standard InChI is InChI=1S/C9H18N4/c1-6-7(10)8(11-5)13(12-6)9(2,3)4/h11H,10H2,1-5H3. The van der Waals surface area contributed by atoms with Gasteiger partial charge in [0.15, 0.2) is 0 Å². The lowest BCUT2D eigenvalue weighted by atomic mass is 10.1. The van der Waals surface area contributed by atoms with Crippen LogP contribution in [0.4, 0.5) is 11.5 Å². The van der Waals surface area contributed by atoms with Gasteiger partial charge in [0.1, 0.15) is 5.82 Å². The highest BCUT2D eigenvalue weighted by Crippen LogP contribution is 2.27. The Morgan fingerprint density at radius 1 is 1.38 bits per heavy atom. The molecule has 1 rings (SSSR count). The third-order valence-electron chi connectivity index (χ3n) is 1.98. The van der Waals surface area contributed by atoms with Crippen LogP contribution < -0.4 is 11.1 Å². The number of rotatable bonds is 1. The zero-order valence-electron chi connectivity index (χ0n) is 8.97. The topological polar surface area (TPSA) is 55.9 Å². The van der Waals surface area contributed by atoms with Gasteiger partial charge >= 0.3 is 0 Å². The van der Waals surface area contributed by atoms with E-state index in [4.69, 9.17) is 5.73 Å². The highest BCUT2D eigenvalue weighted by atomic mass is 15.4. The van der Waals surface area contributed by atoms with Crippen LogP contribution in [-0.4, -0.2) is 16.8 Å². The zero-order chi connectivity index (χ0) is 10.2. The Bertz CT molecular complexity index is 306. The summed E-state index contributed by atoms with van der Waals surface area (Å²) in [6.07, 6.45) is 0. The quantitative estimate of drug-likeness (QED) is 0.693. The number of hydrogen-bond acceptors (Lipinski definition) is 3. The lowest BCUT2D eigenvalue weighted by molar-refractivity contribution is 0.359. The Balaban J connectivity index is 3.30. The lowest BCUT2D eigenvalue weighted by Crippen LogP contribution is -2.24. The van der Waals surface area contributed by atoms with Crippen LogP contribution in [0.2, 0.25) is 0 Å². The molecule has 0 atom stereocenters. The molecule has 4 nitrogen and oxygen atoms in total. The molecular formula is C9H18N4. The number of nitrogen functional groups attached to an aromatic ring is 1. The van der Waals surface area contributed by atoms with Gasteiger partial charge in [-0.2, -0.15) is 5.10 Å². The largest absolute Gasteiger partial charge is 0.394 e. The van der Waals surface area contributed by atoms with Crippen molar-refractivity contribution in [3.05, 3.63) is 5.69 Å². The van der Waals surface area contributed by atoms with Crippen LogP contribution in [0.1, 0.15) is 26.5 Å². The third kappa shape index (κ3) is 1.61. The molecule has 1 aromatic rings. The Morgan fingerprint density at radius 2 is 1.92 bits per heavy atom. The maximum Gasteiger partial charge on any atom is 0.148 e. The number of aryl methyl sites for hydroxylation is 1. The predicted molar refractivity (Wildman–Crippen MR) is 55.9 cm³/mol. The molecule has 74 valence electrons. The normalized spacial score (nSPS) is 11.8. The summed E-state index contributed by atoms with van der Waals surface area (Å²) >= 11 is 0. The summed E-state index contributed by atoms with van der Waals surface area (Å²) in [4.78, 5) is 0. The Hall–Kier alpha value is -1.19. The first kappa shape index (κ1) is 9.89. The molecule has 0 saturated carbocycles. The van der Waals surface area contributed by atoms with E-state index in [1.165, 1.54) is 0 Å². The molecule has 0 aliphatic carbocycles. The van der Waals surface area contributed by atoms with Crippen molar-refractivity contribution in [3.8, 4) is 0 Å². The number of nitrogens with two attached hydrogens (primary N) is 1. The molecule has 0 spiro atoms. The molecule has 0 radical (unpaired) electrons. The van der Waals surface area contributed by atoms with Gasteiger partial charge in [-0.15, -0.1) is 0 Å². The second-order valence-corrected chi connectivity index (χ2v) is 4.18. The zero-order valence-corrected chi connectivity index (χ0v) is 8.97. The molecule has 1 aromatic heterocycles. The fourth-order valence-corrected chi connectivity index (χ4v) is 1.27. The second kappa shape index (κ2) is 2.94. The smallest absolute Gasteiger partial charge is 0.148 e. The highest BCUT2D eigenvalue weighted by Gasteiger charge is 2.20. The maximum absolute atomic E-state index is 5.86. The Labute approximate surface area is 79.1 Å². The van der Waals surface area contributed by atoms with E-state index in [1.807, 2.05) is 18.7 Å².